The minimum absolute atomic E-state index is 1.22. The molecule has 3 aromatic carbocycles. The third kappa shape index (κ3) is 7.71. The molecule has 4 heterocycles. The fourth-order valence-corrected chi connectivity index (χ4v) is 13.3. The lowest BCUT2D eigenvalue weighted by Gasteiger charge is -2.09. The lowest BCUT2D eigenvalue weighted by atomic mass is 9.95. The summed E-state index contributed by atoms with van der Waals surface area (Å²) in [4.78, 5) is 6.33. The second-order valence-corrected chi connectivity index (χ2v) is 19.6. The molecule has 0 spiro atoms. The van der Waals surface area contributed by atoms with E-state index >= 15 is 0 Å². The van der Waals surface area contributed by atoms with Gasteiger partial charge in [0.25, 0.3) is 0 Å². The van der Waals surface area contributed by atoms with Crippen LogP contribution in [0.5, 0.6) is 0 Å². The Labute approximate surface area is 317 Å². The van der Waals surface area contributed by atoms with Crippen LogP contribution >= 0.6 is 45.3 Å². The van der Waals surface area contributed by atoms with Gasteiger partial charge in [0, 0.05) is 41.1 Å². The van der Waals surface area contributed by atoms with Crippen LogP contribution < -0.4 is 0 Å². The van der Waals surface area contributed by atoms with E-state index in [1.807, 2.05) is 0 Å². The summed E-state index contributed by atoms with van der Waals surface area (Å²) in [5.41, 5.74) is 0. The molecule has 50 heavy (non-hydrogen) atoms. The summed E-state index contributed by atoms with van der Waals surface area (Å²) in [5.74, 6) is 0. The topological polar surface area (TPSA) is 0 Å². The number of fused-ring (bicyclic) bond motifs is 12. The van der Waals surface area contributed by atoms with Crippen LogP contribution in [0.2, 0.25) is 0 Å². The average molecular weight is 739 g/mol. The maximum absolute atomic E-state index is 2.65. The quantitative estimate of drug-likeness (QED) is 0.0539. The van der Waals surface area contributed by atoms with Gasteiger partial charge >= 0.3 is 0 Å². The van der Waals surface area contributed by atoms with Gasteiger partial charge in [-0.3, -0.25) is 0 Å². The Balaban J connectivity index is 1.42. The highest BCUT2D eigenvalue weighted by molar-refractivity contribution is 7.28. The van der Waals surface area contributed by atoms with E-state index in [1.54, 1.807) is 38.3 Å². The van der Waals surface area contributed by atoms with Crippen molar-refractivity contribution in [3.63, 3.8) is 0 Å². The van der Waals surface area contributed by atoms with Crippen molar-refractivity contribution >= 4 is 107 Å². The van der Waals surface area contributed by atoms with Crippen LogP contribution in [0.25, 0.3) is 61.9 Å². The van der Waals surface area contributed by atoms with Crippen molar-refractivity contribution in [3.05, 3.63) is 55.9 Å². The van der Waals surface area contributed by atoms with E-state index in [-0.39, 0.29) is 0 Å². The van der Waals surface area contributed by atoms with Gasteiger partial charge in [0.05, 0.1) is 18.8 Å². The van der Waals surface area contributed by atoms with Crippen molar-refractivity contribution in [2.45, 2.75) is 156 Å². The van der Waals surface area contributed by atoms with Crippen LogP contribution in [0.4, 0.5) is 0 Å². The number of rotatable bonds is 20. The molecular formula is C46H58S4. The van der Waals surface area contributed by atoms with Crippen LogP contribution in [0.1, 0.15) is 150 Å². The molecule has 0 unspecified atom stereocenters. The molecule has 0 saturated heterocycles. The SMILES string of the molecule is CCCCCCc1cc2c3cc4c(cc3c3cc(CCCCCC)sc3c2s1)c1cc(CCCCCC)sc1c1sc(CCCCCC)cc41. The monoisotopic (exact) mass is 738 g/mol. The van der Waals surface area contributed by atoms with Gasteiger partial charge in [-0.15, -0.1) is 45.3 Å². The molecule has 0 radical (unpaired) electrons. The Morgan fingerprint density at radius 3 is 0.740 bits per heavy atom. The molecule has 0 fully saturated rings. The molecule has 0 aliphatic carbocycles. The summed E-state index contributed by atoms with van der Waals surface area (Å²) in [5, 5.41) is 12.0. The number of hydrogen-bond acceptors (Lipinski definition) is 4. The van der Waals surface area contributed by atoms with Gasteiger partial charge in [-0.25, -0.2) is 0 Å². The molecule has 7 aromatic rings. The van der Waals surface area contributed by atoms with E-state index in [1.165, 1.54) is 172 Å². The molecular weight excluding hydrogens is 681 g/mol. The van der Waals surface area contributed by atoms with Gasteiger partial charge in [-0.1, -0.05) is 105 Å². The predicted molar refractivity (Wildman–Crippen MR) is 234 cm³/mol. The minimum atomic E-state index is 1.22. The lowest BCUT2D eigenvalue weighted by molar-refractivity contribution is 0.670. The van der Waals surface area contributed by atoms with Crippen LogP contribution in [0, 0.1) is 0 Å². The van der Waals surface area contributed by atoms with Crippen molar-refractivity contribution in [3.8, 4) is 0 Å². The Hall–Kier alpha value is -1.98. The molecule has 0 N–H and O–H groups in total. The summed E-state index contributed by atoms with van der Waals surface area (Å²) in [6.07, 6.45) is 26.1. The molecule has 266 valence electrons. The van der Waals surface area contributed by atoms with Crippen LogP contribution in [-0.2, 0) is 25.7 Å². The first-order chi connectivity index (χ1) is 24.6. The van der Waals surface area contributed by atoms with Crippen molar-refractivity contribution < 1.29 is 0 Å². The van der Waals surface area contributed by atoms with Gasteiger partial charge in [0.1, 0.15) is 0 Å². The van der Waals surface area contributed by atoms with Gasteiger partial charge < -0.3 is 0 Å². The summed E-state index contributed by atoms with van der Waals surface area (Å²) in [6.45, 7) is 9.28. The maximum Gasteiger partial charge on any atom is 0.0530 e. The Kier molecular flexibility index (Phi) is 12.5. The van der Waals surface area contributed by atoms with E-state index in [0.717, 1.165) is 0 Å². The average Bonchev–Trinajstić information content (AvgIpc) is 3.93. The van der Waals surface area contributed by atoms with Gasteiger partial charge in [-0.2, -0.15) is 0 Å². The highest BCUT2D eigenvalue weighted by Gasteiger charge is 2.20. The molecule has 0 aliphatic heterocycles. The standard InChI is InChI=1S/C46H58S4/c1-5-9-13-17-21-31-25-39-35-29-37-38(30-36(35)40-26-32(22-18-14-10-6-2)48-44(40)43(39)47-31)42-28-34(24-20-16-12-8-4)50-46(42)45-41(37)27-33(49-45)23-19-15-11-7-3/h25-30H,5-24H2,1-4H3. The second-order valence-electron chi connectivity index (χ2n) is 15.0. The van der Waals surface area contributed by atoms with Crippen LogP contribution in [-0.4, -0.2) is 0 Å². The molecule has 0 amide bonds. The second kappa shape index (κ2) is 17.2. The van der Waals surface area contributed by atoms with E-state index in [4.69, 9.17) is 0 Å². The maximum atomic E-state index is 2.65. The number of unbranched alkanes of at least 4 members (excludes halogenated alkanes) is 12. The smallest absolute Gasteiger partial charge is 0.0530 e. The highest BCUT2D eigenvalue weighted by Crippen LogP contribution is 2.49. The van der Waals surface area contributed by atoms with Crippen molar-refractivity contribution in [1.82, 2.24) is 0 Å². The normalized spacial score (nSPS) is 12.4. The van der Waals surface area contributed by atoms with Crippen LogP contribution in [0.15, 0.2) is 36.4 Å². The molecule has 7 rings (SSSR count). The largest absolute Gasteiger partial charge is 0.139 e. The molecule has 4 aromatic heterocycles. The first-order valence-electron chi connectivity index (χ1n) is 20.3. The van der Waals surface area contributed by atoms with E-state index in [2.05, 4.69) is 109 Å². The number of hydrogen-bond donors (Lipinski definition) is 0. The highest BCUT2D eigenvalue weighted by atomic mass is 32.1. The number of benzene rings is 3. The molecule has 0 atom stereocenters. The van der Waals surface area contributed by atoms with E-state index in [0.29, 0.717) is 0 Å². The lowest BCUT2D eigenvalue weighted by Crippen LogP contribution is -1.83. The van der Waals surface area contributed by atoms with E-state index in [9.17, 15) is 0 Å². The predicted octanol–water partition coefficient (Wildman–Crippen LogP) is 17.3. The van der Waals surface area contributed by atoms with Gasteiger partial charge in [-0.05, 0) is 109 Å². The first-order valence-corrected chi connectivity index (χ1v) is 23.6. The first kappa shape index (κ1) is 36.4. The fraction of sp³-hybridized carbons (Fsp3) is 0.522. The molecule has 4 heteroatoms. The van der Waals surface area contributed by atoms with Crippen LogP contribution in [0.3, 0.4) is 0 Å². The summed E-state index contributed by atoms with van der Waals surface area (Å²) < 4.78 is 6.19. The zero-order valence-corrected chi connectivity index (χ0v) is 34.5. The Bertz CT molecular complexity index is 1870. The Morgan fingerprint density at radius 2 is 0.520 bits per heavy atom. The molecule has 0 bridgehead atoms. The number of thiophene rings is 4. The summed E-state index contributed by atoms with van der Waals surface area (Å²) >= 11 is 8.41. The van der Waals surface area contributed by atoms with Crippen molar-refractivity contribution in [2.75, 3.05) is 0 Å². The molecule has 0 aliphatic rings. The van der Waals surface area contributed by atoms with Gasteiger partial charge in [0.15, 0.2) is 0 Å². The molecule has 0 nitrogen and oxygen atoms in total. The minimum Gasteiger partial charge on any atom is -0.139 e. The third-order valence-electron chi connectivity index (χ3n) is 11.0. The summed E-state index contributed by atoms with van der Waals surface area (Å²) in [6, 6.07) is 15.7. The fourth-order valence-electron chi connectivity index (χ4n) is 8.13. The zero-order valence-electron chi connectivity index (χ0n) is 31.2. The van der Waals surface area contributed by atoms with Crippen molar-refractivity contribution in [1.29, 1.82) is 0 Å². The Morgan fingerprint density at radius 1 is 0.280 bits per heavy atom. The van der Waals surface area contributed by atoms with Crippen molar-refractivity contribution in [2.24, 2.45) is 0 Å². The molecule has 0 saturated carbocycles. The third-order valence-corrected chi connectivity index (χ3v) is 16.1. The van der Waals surface area contributed by atoms with E-state index < -0.39 is 0 Å². The number of aryl methyl sites for hydroxylation is 4. The van der Waals surface area contributed by atoms with Gasteiger partial charge in [0.2, 0.25) is 0 Å². The summed E-state index contributed by atoms with van der Waals surface area (Å²) in [7, 11) is 0. The zero-order chi connectivity index (χ0) is 34.5.